The quantitative estimate of drug-likeness (QED) is 0.430. The Kier molecular flexibility index (Phi) is 5.12. The van der Waals surface area contributed by atoms with Crippen molar-refractivity contribution in [3.8, 4) is 5.75 Å². The van der Waals surface area contributed by atoms with Gasteiger partial charge in [-0.2, -0.15) is 8.78 Å². The Bertz CT molecular complexity index is 1270. The lowest BCUT2D eigenvalue weighted by atomic mass is 9.92. The lowest BCUT2D eigenvalue weighted by Crippen LogP contribution is -2.42. The molecule has 32 heavy (non-hydrogen) atoms. The predicted octanol–water partition coefficient (Wildman–Crippen LogP) is 1.86. The van der Waals surface area contributed by atoms with Gasteiger partial charge in [0, 0.05) is 5.69 Å². The molecule has 0 bridgehead atoms. The summed E-state index contributed by atoms with van der Waals surface area (Å²) < 4.78 is 28.9. The van der Waals surface area contributed by atoms with E-state index in [2.05, 4.69) is 25.3 Å². The Balaban J connectivity index is 1.46. The first-order chi connectivity index (χ1) is 15.2. The van der Waals surface area contributed by atoms with E-state index in [0.717, 1.165) is 4.90 Å². The van der Waals surface area contributed by atoms with E-state index >= 15 is 0 Å². The van der Waals surface area contributed by atoms with Gasteiger partial charge in [0.2, 0.25) is 5.91 Å². The average Bonchev–Trinajstić information content (AvgIpc) is 3.19. The predicted molar refractivity (Wildman–Crippen MR) is 108 cm³/mol. The Hall–Kier alpha value is -4.22. The molecular formula is C20H17F2N5O5. The number of aromatic amines is 2. The number of aromatic nitrogens is 2. The second-order valence-electron chi connectivity index (χ2n) is 7.24. The summed E-state index contributed by atoms with van der Waals surface area (Å²) in [6.07, 6.45) is 0. The highest BCUT2D eigenvalue weighted by Gasteiger charge is 2.49. The number of hydrogen-bond acceptors (Lipinski definition) is 5. The highest BCUT2D eigenvalue weighted by Crippen LogP contribution is 2.30. The molecule has 1 saturated heterocycles. The van der Waals surface area contributed by atoms with Gasteiger partial charge in [-0.05, 0) is 42.8 Å². The molecule has 1 fully saturated rings. The number of rotatable bonds is 6. The van der Waals surface area contributed by atoms with Crippen LogP contribution in [0, 0.1) is 0 Å². The molecule has 3 aromatic rings. The first-order valence-electron chi connectivity index (χ1n) is 9.37. The van der Waals surface area contributed by atoms with Crippen molar-refractivity contribution in [2.45, 2.75) is 19.1 Å². The molecule has 0 saturated carbocycles. The zero-order valence-electron chi connectivity index (χ0n) is 16.6. The number of nitrogens with one attached hydrogen (secondary N) is 4. The summed E-state index contributed by atoms with van der Waals surface area (Å²) in [5.41, 5.74) is -0.137. The summed E-state index contributed by atoms with van der Waals surface area (Å²) in [6.45, 7) is -2.09. The van der Waals surface area contributed by atoms with Crippen LogP contribution in [-0.2, 0) is 15.1 Å². The third-order valence-electron chi connectivity index (χ3n) is 5.03. The van der Waals surface area contributed by atoms with E-state index in [1.807, 2.05) is 0 Å². The van der Waals surface area contributed by atoms with Gasteiger partial charge in [0.05, 0.1) is 11.0 Å². The maximum atomic E-state index is 12.9. The molecule has 4 rings (SSSR count). The number of imide groups is 1. The molecule has 0 spiro atoms. The minimum Gasteiger partial charge on any atom is -0.435 e. The fraction of sp³-hybridized carbons (Fsp3) is 0.200. The van der Waals surface area contributed by atoms with E-state index < -0.39 is 42.2 Å². The standard InChI is InChI=1S/C20H17F2N5O5/c1-20(10-2-5-12(6-3-10)32-17(21)22)16(29)27(19(31)26-20)9-15(28)23-11-4-7-13-14(8-11)25-18(30)24-13/h2-8,17H,9H2,1H3,(H,23,28)(H,26,31)(H2,24,25,30)/t20-/m1/s1. The molecule has 4 amide bonds. The fourth-order valence-electron chi connectivity index (χ4n) is 3.46. The number of H-pyrrole nitrogens is 2. The Morgan fingerprint density at radius 2 is 1.78 bits per heavy atom. The number of hydrogen-bond donors (Lipinski definition) is 4. The minimum absolute atomic E-state index is 0.0962. The van der Waals surface area contributed by atoms with Crippen LogP contribution in [0.1, 0.15) is 12.5 Å². The van der Waals surface area contributed by atoms with E-state index in [1.165, 1.54) is 37.3 Å². The zero-order valence-corrected chi connectivity index (χ0v) is 16.6. The molecule has 1 aromatic heterocycles. The number of ether oxygens (including phenoxy) is 1. The van der Waals surface area contributed by atoms with E-state index in [4.69, 9.17) is 0 Å². The number of alkyl halides is 2. The Morgan fingerprint density at radius 3 is 2.47 bits per heavy atom. The van der Waals surface area contributed by atoms with Crippen molar-refractivity contribution >= 4 is 34.6 Å². The molecule has 0 aliphatic carbocycles. The van der Waals surface area contributed by atoms with Crippen LogP contribution in [-0.4, -0.2) is 45.9 Å². The molecule has 1 atom stereocenters. The van der Waals surface area contributed by atoms with Crippen molar-refractivity contribution in [1.82, 2.24) is 20.2 Å². The summed E-state index contributed by atoms with van der Waals surface area (Å²) in [4.78, 5) is 55.0. The number of imidazole rings is 1. The molecule has 0 unspecified atom stereocenters. The van der Waals surface area contributed by atoms with Crippen molar-refractivity contribution in [2.75, 3.05) is 11.9 Å². The van der Waals surface area contributed by atoms with Gasteiger partial charge < -0.3 is 25.3 Å². The van der Waals surface area contributed by atoms with Crippen LogP contribution in [0.5, 0.6) is 5.75 Å². The number of anilines is 1. The van der Waals surface area contributed by atoms with Gasteiger partial charge in [-0.1, -0.05) is 12.1 Å². The number of fused-ring (bicyclic) bond motifs is 1. The first-order valence-corrected chi connectivity index (χ1v) is 9.37. The van der Waals surface area contributed by atoms with Crippen molar-refractivity contribution in [3.63, 3.8) is 0 Å². The van der Waals surface area contributed by atoms with Crippen molar-refractivity contribution < 1.29 is 27.9 Å². The number of urea groups is 1. The van der Waals surface area contributed by atoms with Crippen LogP contribution in [0.4, 0.5) is 19.3 Å². The van der Waals surface area contributed by atoms with Crippen molar-refractivity contribution in [1.29, 1.82) is 0 Å². The Labute approximate surface area is 178 Å². The van der Waals surface area contributed by atoms with E-state index in [9.17, 15) is 28.0 Å². The molecular weight excluding hydrogens is 428 g/mol. The van der Waals surface area contributed by atoms with Gasteiger partial charge in [-0.15, -0.1) is 0 Å². The summed E-state index contributed by atoms with van der Waals surface area (Å²) in [5, 5.41) is 5.10. The maximum Gasteiger partial charge on any atom is 0.387 e. The van der Waals surface area contributed by atoms with Gasteiger partial charge in [-0.3, -0.25) is 14.5 Å². The van der Waals surface area contributed by atoms with Crippen LogP contribution in [0.25, 0.3) is 11.0 Å². The van der Waals surface area contributed by atoms with Crippen LogP contribution >= 0.6 is 0 Å². The maximum absolute atomic E-state index is 12.9. The number of benzene rings is 2. The molecule has 2 aromatic carbocycles. The number of halogens is 2. The van der Waals surface area contributed by atoms with Gasteiger partial charge in [0.25, 0.3) is 5.91 Å². The molecule has 10 nitrogen and oxygen atoms in total. The van der Waals surface area contributed by atoms with Crippen LogP contribution in [0.15, 0.2) is 47.3 Å². The molecule has 166 valence electrons. The highest BCUT2D eigenvalue weighted by molar-refractivity contribution is 6.10. The summed E-state index contributed by atoms with van der Waals surface area (Å²) in [5.74, 6) is -1.40. The normalized spacial score (nSPS) is 18.3. The monoisotopic (exact) mass is 445 g/mol. The van der Waals surface area contributed by atoms with Gasteiger partial charge in [0.1, 0.15) is 17.8 Å². The first kappa shape index (κ1) is 21.0. The SMILES string of the molecule is C[C@]1(c2ccc(OC(F)F)cc2)NC(=O)N(CC(=O)Nc2ccc3[nH]c(=O)[nH]c3c2)C1=O. The van der Waals surface area contributed by atoms with Gasteiger partial charge in [0.15, 0.2) is 0 Å². The fourth-order valence-corrected chi connectivity index (χ4v) is 3.46. The summed E-state index contributed by atoms with van der Waals surface area (Å²) in [6, 6.07) is 9.18. The number of carbonyl (C=O) groups excluding carboxylic acids is 3. The minimum atomic E-state index is -2.99. The van der Waals surface area contributed by atoms with Crippen molar-refractivity contribution in [2.24, 2.45) is 0 Å². The number of amides is 4. The lowest BCUT2D eigenvalue weighted by molar-refractivity contribution is -0.133. The molecule has 1 aliphatic heterocycles. The van der Waals surface area contributed by atoms with Gasteiger partial charge >= 0.3 is 18.3 Å². The largest absolute Gasteiger partial charge is 0.435 e. The second kappa shape index (κ2) is 7.80. The summed E-state index contributed by atoms with van der Waals surface area (Å²) in [7, 11) is 0. The second-order valence-corrected chi connectivity index (χ2v) is 7.24. The third kappa shape index (κ3) is 3.89. The number of nitrogens with zero attached hydrogens (tertiary/aromatic N) is 1. The zero-order chi connectivity index (χ0) is 23.0. The van der Waals surface area contributed by atoms with E-state index in [-0.39, 0.29) is 5.75 Å². The van der Waals surface area contributed by atoms with Crippen LogP contribution < -0.4 is 21.1 Å². The van der Waals surface area contributed by atoms with E-state index in [0.29, 0.717) is 22.3 Å². The van der Waals surface area contributed by atoms with Crippen LogP contribution in [0.2, 0.25) is 0 Å². The van der Waals surface area contributed by atoms with Crippen molar-refractivity contribution in [3.05, 3.63) is 58.5 Å². The highest BCUT2D eigenvalue weighted by atomic mass is 19.3. The van der Waals surface area contributed by atoms with Gasteiger partial charge in [-0.25, -0.2) is 9.59 Å². The smallest absolute Gasteiger partial charge is 0.387 e. The molecule has 1 aliphatic rings. The number of carbonyl (C=O) groups is 3. The van der Waals surface area contributed by atoms with E-state index in [1.54, 1.807) is 12.1 Å². The Morgan fingerprint density at radius 1 is 1.09 bits per heavy atom. The molecule has 2 heterocycles. The third-order valence-corrected chi connectivity index (χ3v) is 5.03. The molecule has 12 heteroatoms. The molecule has 4 N–H and O–H groups in total. The topological polar surface area (TPSA) is 136 Å². The van der Waals surface area contributed by atoms with Crippen LogP contribution in [0.3, 0.4) is 0 Å². The lowest BCUT2D eigenvalue weighted by Gasteiger charge is -2.22. The molecule has 0 radical (unpaired) electrons. The average molecular weight is 445 g/mol. The summed E-state index contributed by atoms with van der Waals surface area (Å²) >= 11 is 0.